The predicted molar refractivity (Wildman–Crippen MR) is 108 cm³/mol. The monoisotopic (exact) mass is 366 g/mol. The van der Waals surface area contributed by atoms with Gasteiger partial charge < -0.3 is 4.74 Å². The molecule has 6 nitrogen and oxygen atoms in total. The number of fused-ring (bicyclic) bond motifs is 1. The van der Waals surface area contributed by atoms with Gasteiger partial charge in [-0.25, -0.2) is 4.79 Å². The normalized spacial score (nSPS) is 15.4. The molecule has 1 aromatic heterocycles. The highest BCUT2D eigenvalue weighted by Gasteiger charge is 2.18. The zero-order valence-electron chi connectivity index (χ0n) is 15.8. The average molecular weight is 366 g/mol. The van der Waals surface area contributed by atoms with Crippen LogP contribution in [0.1, 0.15) is 18.9 Å². The molecule has 6 heteroatoms. The number of benzene rings is 1. The van der Waals surface area contributed by atoms with Gasteiger partial charge in [-0.2, -0.15) is 0 Å². The van der Waals surface area contributed by atoms with Crippen LogP contribution in [-0.2, 0) is 11.3 Å². The maximum absolute atomic E-state index is 11.9. The van der Waals surface area contributed by atoms with Gasteiger partial charge in [-0.1, -0.05) is 25.0 Å². The summed E-state index contributed by atoms with van der Waals surface area (Å²) in [5.41, 5.74) is 2.67. The third-order valence-corrected chi connectivity index (χ3v) is 4.71. The van der Waals surface area contributed by atoms with Crippen LogP contribution in [0.25, 0.3) is 10.9 Å². The van der Waals surface area contributed by atoms with Gasteiger partial charge in [0.15, 0.2) is 0 Å². The molecular weight excluding hydrogens is 340 g/mol. The number of pyridine rings is 1. The highest BCUT2D eigenvalue weighted by molar-refractivity contribution is 5.99. The Bertz CT molecular complexity index is 823. The van der Waals surface area contributed by atoms with E-state index in [-0.39, 0.29) is 0 Å². The van der Waals surface area contributed by atoms with Crippen molar-refractivity contribution in [3.8, 4) is 12.3 Å². The summed E-state index contributed by atoms with van der Waals surface area (Å²) in [6.45, 7) is 7.90. The summed E-state index contributed by atoms with van der Waals surface area (Å²) in [7, 11) is 0. The van der Waals surface area contributed by atoms with E-state index >= 15 is 0 Å². The molecule has 2 heterocycles. The summed E-state index contributed by atoms with van der Waals surface area (Å²) >= 11 is 0. The molecule has 0 saturated carbocycles. The van der Waals surface area contributed by atoms with Gasteiger partial charge in [0.25, 0.3) is 0 Å². The van der Waals surface area contributed by atoms with Crippen LogP contribution in [0.4, 0.5) is 10.5 Å². The fourth-order valence-electron chi connectivity index (χ4n) is 3.29. The number of anilines is 1. The first kappa shape index (κ1) is 19.2. The smallest absolute Gasteiger partial charge is 0.411 e. The Kier molecular flexibility index (Phi) is 6.64. The first-order valence-corrected chi connectivity index (χ1v) is 9.40. The number of ether oxygens (including phenoxy) is 1. The topological polar surface area (TPSA) is 57.7 Å². The largest absolute Gasteiger partial charge is 0.449 e. The van der Waals surface area contributed by atoms with Crippen LogP contribution in [0.15, 0.2) is 30.5 Å². The second-order valence-electron chi connectivity index (χ2n) is 6.69. The molecule has 0 spiro atoms. The van der Waals surface area contributed by atoms with Crippen molar-refractivity contribution in [1.29, 1.82) is 0 Å². The van der Waals surface area contributed by atoms with Crippen LogP contribution in [0, 0.1) is 12.3 Å². The number of carbonyl (C=O) groups is 1. The summed E-state index contributed by atoms with van der Waals surface area (Å²) < 4.78 is 5.12. The number of nitrogens with zero attached hydrogens (tertiary/aromatic N) is 3. The minimum atomic E-state index is -0.443. The molecule has 1 aliphatic rings. The Labute approximate surface area is 160 Å². The fourth-order valence-corrected chi connectivity index (χ4v) is 3.29. The molecule has 0 atom stereocenters. The van der Waals surface area contributed by atoms with Gasteiger partial charge in [-0.05, 0) is 24.1 Å². The van der Waals surface area contributed by atoms with E-state index in [1.807, 2.05) is 19.1 Å². The van der Waals surface area contributed by atoms with E-state index in [2.05, 4.69) is 38.2 Å². The average Bonchev–Trinajstić information content (AvgIpc) is 2.70. The van der Waals surface area contributed by atoms with E-state index in [1.165, 1.54) is 5.56 Å². The highest BCUT2D eigenvalue weighted by atomic mass is 16.5. The van der Waals surface area contributed by atoms with Gasteiger partial charge >= 0.3 is 6.09 Å². The van der Waals surface area contributed by atoms with Crippen LogP contribution in [0.3, 0.4) is 0 Å². The third-order valence-electron chi connectivity index (χ3n) is 4.71. The van der Waals surface area contributed by atoms with E-state index in [4.69, 9.17) is 11.2 Å². The summed E-state index contributed by atoms with van der Waals surface area (Å²) in [5, 5.41) is 3.86. The zero-order valence-corrected chi connectivity index (χ0v) is 15.8. The Hall–Kier alpha value is -2.62. The maximum Gasteiger partial charge on any atom is 0.411 e. The number of hydrogen-bond donors (Lipinski definition) is 1. The molecule has 1 aromatic carbocycles. The lowest BCUT2D eigenvalue weighted by Gasteiger charge is -2.33. The molecule has 0 bridgehead atoms. The maximum atomic E-state index is 11.9. The van der Waals surface area contributed by atoms with E-state index in [0.29, 0.717) is 12.3 Å². The molecule has 1 amide bonds. The van der Waals surface area contributed by atoms with Crippen molar-refractivity contribution in [3.05, 3.63) is 36.0 Å². The van der Waals surface area contributed by atoms with Crippen LogP contribution in [-0.4, -0.2) is 60.2 Å². The van der Waals surface area contributed by atoms with Gasteiger partial charge in [-0.15, -0.1) is 6.42 Å². The second kappa shape index (κ2) is 9.36. The summed E-state index contributed by atoms with van der Waals surface area (Å²) in [5.74, 6) is 2.71. The van der Waals surface area contributed by atoms with Crippen molar-refractivity contribution in [2.24, 2.45) is 0 Å². The quantitative estimate of drug-likeness (QED) is 0.797. The van der Waals surface area contributed by atoms with Crippen LogP contribution in [0.5, 0.6) is 0 Å². The van der Waals surface area contributed by atoms with Gasteiger partial charge in [0.2, 0.25) is 0 Å². The van der Waals surface area contributed by atoms with Crippen molar-refractivity contribution in [2.75, 3.05) is 44.6 Å². The summed E-state index contributed by atoms with van der Waals surface area (Å²) in [6.07, 6.45) is 7.50. The first-order chi connectivity index (χ1) is 13.2. The number of terminal acetylenes is 1. The fraction of sp³-hybridized carbons (Fsp3) is 0.429. The minimum absolute atomic E-state index is 0.404. The van der Waals surface area contributed by atoms with Gasteiger partial charge in [0.05, 0.1) is 24.4 Å². The van der Waals surface area contributed by atoms with Crippen LogP contribution in [0.2, 0.25) is 0 Å². The number of amides is 1. The Morgan fingerprint density at radius 2 is 2.04 bits per heavy atom. The molecule has 142 valence electrons. The van der Waals surface area contributed by atoms with Gasteiger partial charge in [0.1, 0.15) is 0 Å². The van der Waals surface area contributed by atoms with Crippen molar-refractivity contribution < 1.29 is 9.53 Å². The number of aromatic nitrogens is 1. The van der Waals surface area contributed by atoms with Crippen molar-refractivity contribution in [1.82, 2.24) is 14.8 Å². The number of carbonyl (C=O) groups excluding carboxylic acids is 1. The molecule has 0 unspecified atom stereocenters. The molecule has 0 aliphatic carbocycles. The molecule has 0 radical (unpaired) electrons. The molecule has 1 N–H and O–H groups in total. The lowest BCUT2D eigenvalue weighted by molar-refractivity contribution is 0.139. The third kappa shape index (κ3) is 4.97. The molecule has 3 rings (SSSR count). The lowest BCUT2D eigenvalue weighted by atomic mass is 10.1. The van der Waals surface area contributed by atoms with E-state index < -0.39 is 6.09 Å². The molecule has 1 saturated heterocycles. The molecule has 2 aromatic rings. The van der Waals surface area contributed by atoms with Crippen molar-refractivity contribution in [2.45, 2.75) is 19.9 Å². The number of piperazine rings is 1. The van der Waals surface area contributed by atoms with Crippen LogP contribution >= 0.6 is 0 Å². The van der Waals surface area contributed by atoms with E-state index in [0.717, 1.165) is 56.6 Å². The Morgan fingerprint density at radius 3 is 2.78 bits per heavy atom. The number of hydrogen-bond acceptors (Lipinski definition) is 5. The second-order valence-corrected chi connectivity index (χ2v) is 6.69. The van der Waals surface area contributed by atoms with Gasteiger partial charge in [-0.3, -0.25) is 20.1 Å². The number of nitrogens with one attached hydrogen (secondary N) is 1. The zero-order chi connectivity index (χ0) is 19.1. The van der Waals surface area contributed by atoms with E-state index in [9.17, 15) is 4.79 Å². The SMILES string of the molecule is C#CCN1CCN(Cc2ccc(NC(=O)OCCC)c3ncccc23)CC1. The molecular formula is C21H26N4O2. The highest BCUT2D eigenvalue weighted by Crippen LogP contribution is 2.26. The predicted octanol–water partition coefficient (Wildman–Crippen LogP) is 2.94. The summed E-state index contributed by atoms with van der Waals surface area (Å²) in [6, 6.07) is 7.95. The van der Waals surface area contributed by atoms with Crippen LogP contribution < -0.4 is 5.32 Å². The molecule has 27 heavy (non-hydrogen) atoms. The Morgan fingerprint density at radius 1 is 1.26 bits per heavy atom. The van der Waals surface area contributed by atoms with Crippen molar-refractivity contribution >= 4 is 22.7 Å². The summed E-state index contributed by atoms with van der Waals surface area (Å²) in [4.78, 5) is 21.1. The van der Waals surface area contributed by atoms with Crippen molar-refractivity contribution in [3.63, 3.8) is 0 Å². The molecule has 1 fully saturated rings. The van der Waals surface area contributed by atoms with E-state index in [1.54, 1.807) is 6.20 Å². The minimum Gasteiger partial charge on any atom is -0.449 e. The lowest BCUT2D eigenvalue weighted by Crippen LogP contribution is -2.45. The standard InChI is InChI=1S/C21H26N4O2/c1-3-10-24-11-13-25(14-12-24)16-17-7-8-19(23-21(26)27-15-4-2)20-18(17)6-5-9-22-20/h1,5-9H,4,10-16H2,2H3,(H,23,26). The number of rotatable bonds is 6. The molecule has 1 aliphatic heterocycles. The first-order valence-electron chi connectivity index (χ1n) is 9.40. The Balaban J connectivity index is 1.73. The van der Waals surface area contributed by atoms with Gasteiger partial charge in [0, 0.05) is 44.3 Å².